The van der Waals surface area contributed by atoms with Crippen LogP contribution in [0.4, 0.5) is 4.39 Å². The van der Waals surface area contributed by atoms with E-state index in [0.717, 1.165) is 0 Å². The quantitative estimate of drug-likeness (QED) is 0.854. The molecule has 1 aromatic carbocycles. The molecule has 90 valence electrons. The van der Waals surface area contributed by atoms with Gasteiger partial charge in [-0.1, -0.05) is 19.9 Å². The summed E-state index contributed by atoms with van der Waals surface area (Å²) in [6.07, 6.45) is 0.490. The summed E-state index contributed by atoms with van der Waals surface area (Å²) in [5, 5.41) is 10.3. The van der Waals surface area contributed by atoms with Crippen LogP contribution in [0.1, 0.15) is 32.8 Å². The van der Waals surface area contributed by atoms with Gasteiger partial charge in [0.15, 0.2) is 0 Å². The van der Waals surface area contributed by atoms with Crippen LogP contribution in [0, 0.1) is 11.7 Å². The fraction of sp³-hybridized carbons (Fsp3) is 0.538. The van der Waals surface area contributed by atoms with Gasteiger partial charge in [-0.05, 0) is 31.4 Å². The normalized spacial score (nSPS) is 14.9. The van der Waals surface area contributed by atoms with Gasteiger partial charge in [0.2, 0.25) is 0 Å². The van der Waals surface area contributed by atoms with Gasteiger partial charge in [-0.15, -0.1) is 0 Å². The van der Waals surface area contributed by atoms with E-state index in [2.05, 4.69) is 0 Å². The fourth-order valence-corrected chi connectivity index (χ4v) is 2.09. The molecular formula is C13H19FO2. The Morgan fingerprint density at radius 3 is 2.56 bits per heavy atom. The fourth-order valence-electron chi connectivity index (χ4n) is 2.09. The first-order chi connectivity index (χ1) is 7.38. The van der Waals surface area contributed by atoms with Crippen LogP contribution in [0.2, 0.25) is 0 Å². The van der Waals surface area contributed by atoms with Crippen LogP contribution in [0.25, 0.3) is 0 Å². The summed E-state index contributed by atoms with van der Waals surface area (Å²) in [5.41, 5.74) is -0.962. The van der Waals surface area contributed by atoms with Crippen LogP contribution in [-0.4, -0.2) is 12.2 Å². The molecule has 0 fully saturated rings. The molecule has 0 radical (unpaired) electrons. The van der Waals surface area contributed by atoms with Gasteiger partial charge in [-0.3, -0.25) is 0 Å². The minimum atomic E-state index is -1.20. The average molecular weight is 226 g/mol. The van der Waals surface area contributed by atoms with Crippen LogP contribution < -0.4 is 4.74 Å². The highest BCUT2D eigenvalue weighted by Gasteiger charge is 2.30. The molecule has 1 unspecified atom stereocenters. The molecule has 0 spiro atoms. The maximum Gasteiger partial charge on any atom is 0.133 e. The molecule has 0 heterocycles. The molecule has 0 aliphatic rings. The van der Waals surface area contributed by atoms with Crippen molar-refractivity contribution in [1.29, 1.82) is 0 Å². The van der Waals surface area contributed by atoms with Gasteiger partial charge in [0.25, 0.3) is 0 Å². The molecule has 3 heteroatoms. The predicted octanol–water partition coefficient (Wildman–Crippen LogP) is 3.09. The number of benzene rings is 1. The molecule has 1 N–H and O–H groups in total. The first-order valence-electron chi connectivity index (χ1n) is 5.44. The maximum atomic E-state index is 13.7. The van der Waals surface area contributed by atoms with E-state index in [1.807, 2.05) is 13.8 Å². The van der Waals surface area contributed by atoms with Crippen molar-refractivity contribution in [3.8, 4) is 5.75 Å². The Morgan fingerprint density at radius 2 is 2.06 bits per heavy atom. The number of ether oxygens (including phenoxy) is 1. The highest BCUT2D eigenvalue weighted by atomic mass is 19.1. The average Bonchev–Trinajstić information content (AvgIpc) is 2.14. The summed E-state index contributed by atoms with van der Waals surface area (Å²) in [6, 6.07) is 4.57. The van der Waals surface area contributed by atoms with Gasteiger partial charge in [-0.2, -0.15) is 0 Å². The third-order valence-electron chi connectivity index (χ3n) is 2.54. The zero-order valence-corrected chi connectivity index (χ0v) is 10.2. The lowest BCUT2D eigenvalue weighted by Gasteiger charge is -2.27. The van der Waals surface area contributed by atoms with Crippen molar-refractivity contribution in [3.63, 3.8) is 0 Å². The minimum absolute atomic E-state index is 0.242. The number of methoxy groups -OCH3 is 1. The summed E-state index contributed by atoms with van der Waals surface area (Å²) in [4.78, 5) is 0. The van der Waals surface area contributed by atoms with Crippen molar-refractivity contribution < 1.29 is 14.2 Å². The molecule has 2 nitrogen and oxygen atoms in total. The molecule has 0 aliphatic heterocycles. The summed E-state index contributed by atoms with van der Waals surface area (Å²) >= 11 is 0. The van der Waals surface area contributed by atoms with Gasteiger partial charge in [0.1, 0.15) is 11.6 Å². The van der Waals surface area contributed by atoms with Crippen molar-refractivity contribution in [2.24, 2.45) is 5.92 Å². The number of hydrogen-bond acceptors (Lipinski definition) is 2. The van der Waals surface area contributed by atoms with E-state index in [0.29, 0.717) is 12.2 Å². The molecule has 0 amide bonds. The molecule has 0 bridgehead atoms. The van der Waals surface area contributed by atoms with Gasteiger partial charge < -0.3 is 9.84 Å². The Labute approximate surface area is 96.1 Å². The van der Waals surface area contributed by atoms with Crippen LogP contribution >= 0.6 is 0 Å². The van der Waals surface area contributed by atoms with Crippen LogP contribution in [0.5, 0.6) is 5.75 Å². The van der Waals surface area contributed by atoms with Crippen molar-refractivity contribution >= 4 is 0 Å². The highest BCUT2D eigenvalue weighted by molar-refractivity contribution is 5.38. The van der Waals surface area contributed by atoms with Gasteiger partial charge >= 0.3 is 0 Å². The topological polar surface area (TPSA) is 29.5 Å². The molecule has 1 aromatic rings. The van der Waals surface area contributed by atoms with Crippen molar-refractivity contribution in [3.05, 3.63) is 29.6 Å². The van der Waals surface area contributed by atoms with E-state index in [-0.39, 0.29) is 11.5 Å². The summed E-state index contributed by atoms with van der Waals surface area (Å²) in [7, 11) is 1.48. The molecule has 1 atom stereocenters. The zero-order valence-electron chi connectivity index (χ0n) is 10.2. The van der Waals surface area contributed by atoms with Crippen molar-refractivity contribution in [2.75, 3.05) is 7.11 Å². The SMILES string of the molecule is COc1cccc(F)c1C(C)(O)CC(C)C. The Morgan fingerprint density at radius 1 is 1.44 bits per heavy atom. The molecule has 16 heavy (non-hydrogen) atoms. The third-order valence-corrected chi connectivity index (χ3v) is 2.54. The standard InChI is InChI=1S/C13H19FO2/c1-9(2)8-13(3,15)12-10(14)6-5-7-11(12)16-4/h5-7,9,15H,8H2,1-4H3. The van der Waals surface area contributed by atoms with Gasteiger partial charge in [-0.25, -0.2) is 4.39 Å². The number of aliphatic hydroxyl groups is 1. The second kappa shape index (κ2) is 4.83. The first kappa shape index (κ1) is 13.0. The van der Waals surface area contributed by atoms with Crippen LogP contribution in [0.3, 0.4) is 0 Å². The van der Waals surface area contributed by atoms with E-state index >= 15 is 0 Å². The Kier molecular flexibility index (Phi) is 3.92. The second-order valence-corrected chi connectivity index (χ2v) is 4.69. The number of hydrogen-bond donors (Lipinski definition) is 1. The van der Waals surface area contributed by atoms with E-state index in [1.165, 1.54) is 13.2 Å². The van der Waals surface area contributed by atoms with Crippen LogP contribution in [-0.2, 0) is 5.60 Å². The van der Waals surface area contributed by atoms with Crippen molar-refractivity contribution in [1.82, 2.24) is 0 Å². The minimum Gasteiger partial charge on any atom is -0.496 e. The second-order valence-electron chi connectivity index (χ2n) is 4.69. The molecular weight excluding hydrogens is 207 g/mol. The van der Waals surface area contributed by atoms with Crippen LogP contribution in [0.15, 0.2) is 18.2 Å². The third kappa shape index (κ3) is 2.73. The monoisotopic (exact) mass is 226 g/mol. The lowest BCUT2D eigenvalue weighted by atomic mass is 9.86. The van der Waals surface area contributed by atoms with Crippen molar-refractivity contribution in [2.45, 2.75) is 32.8 Å². The summed E-state index contributed by atoms with van der Waals surface area (Å²) in [5.74, 6) is 0.245. The van der Waals surface area contributed by atoms with E-state index in [1.54, 1.807) is 19.1 Å². The zero-order chi connectivity index (χ0) is 12.3. The molecule has 0 aliphatic carbocycles. The maximum absolute atomic E-state index is 13.7. The summed E-state index contributed by atoms with van der Waals surface area (Å²) in [6.45, 7) is 5.59. The number of rotatable bonds is 4. The highest BCUT2D eigenvalue weighted by Crippen LogP contribution is 2.36. The predicted molar refractivity (Wildman–Crippen MR) is 62.0 cm³/mol. The Hall–Kier alpha value is -1.09. The molecule has 1 rings (SSSR count). The van der Waals surface area contributed by atoms with Gasteiger partial charge in [0, 0.05) is 0 Å². The van der Waals surface area contributed by atoms with E-state index in [4.69, 9.17) is 4.74 Å². The molecule has 0 saturated heterocycles. The number of halogens is 1. The smallest absolute Gasteiger partial charge is 0.133 e. The van der Waals surface area contributed by atoms with E-state index in [9.17, 15) is 9.50 Å². The lowest BCUT2D eigenvalue weighted by molar-refractivity contribution is 0.0290. The van der Waals surface area contributed by atoms with Gasteiger partial charge in [0.05, 0.1) is 18.3 Å². The molecule has 0 aromatic heterocycles. The summed E-state index contributed by atoms with van der Waals surface area (Å²) < 4.78 is 18.8. The Balaban J connectivity index is 3.19. The lowest BCUT2D eigenvalue weighted by Crippen LogP contribution is -2.25. The largest absolute Gasteiger partial charge is 0.496 e. The van der Waals surface area contributed by atoms with E-state index < -0.39 is 11.4 Å². The first-order valence-corrected chi connectivity index (χ1v) is 5.44. The Bertz CT molecular complexity index is 359. The molecule has 0 saturated carbocycles.